The predicted octanol–water partition coefficient (Wildman–Crippen LogP) is 1.67. The van der Waals surface area contributed by atoms with Gasteiger partial charge in [0.15, 0.2) is 0 Å². The maximum Gasteiger partial charge on any atom is 0.230 e. The van der Waals surface area contributed by atoms with E-state index in [2.05, 4.69) is 5.32 Å². The summed E-state index contributed by atoms with van der Waals surface area (Å²) < 4.78 is 27.7. The smallest absolute Gasteiger partial charge is 0.230 e. The van der Waals surface area contributed by atoms with Gasteiger partial charge in [0.1, 0.15) is 15.6 Å². The van der Waals surface area contributed by atoms with Gasteiger partial charge in [-0.15, -0.1) is 0 Å². The molecule has 122 valence electrons. The first kappa shape index (κ1) is 16.8. The highest BCUT2D eigenvalue weighted by Crippen LogP contribution is 2.42. The van der Waals surface area contributed by atoms with Gasteiger partial charge in [-0.3, -0.25) is 4.79 Å². The van der Waals surface area contributed by atoms with Crippen LogP contribution in [0.15, 0.2) is 24.3 Å². The molecule has 1 aromatic carbocycles. The molecule has 1 aliphatic rings. The molecule has 0 bridgehead atoms. The first-order valence-corrected chi connectivity index (χ1v) is 9.54. The molecule has 0 heterocycles. The highest BCUT2D eigenvalue weighted by Gasteiger charge is 2.42. The van der Waals surface area contributed by atoms with E-state index in [-0.39, 0.29) is 18.2 Å². The monoisotopic (exact) mass is 325 g/mol. The van der Waals surface area contributed by atoms with E-state index in [0.717, 1.165) is 37.0 Å². The van der Waals surface area contributed by atoms with Crippen LogP contribution in [0.5, 0.6) is 5.75 Å². The molecule has 1 saturated carbocycles. The van der Waals surface area contributed by atoms with Crippen molar-refractivity contribution in [1.29, 1.82) is 0 Å². The van der Waals surface area contributed by atoms with Gasteiger partial charge in [0.05, 0.1) is 18.3 Å². The summed E-state index contributed by atoms with van der Waals surface area (Å²) in [6.45, 7) is 0.156. The minimum atomic E-state index is -3.07. The average molecular weight is 325 g/mol. The minimum Gasteiger partial charge on any atom is -0.497 e. The van der Waals surface area contributed by atoms with Crippen LogP contribution in [0.2, 0.25) is 0 Å². The summed E-state index contributed by atoms with van der Waals surface area (Å²) >= 11 is 0. The third-order valence-electron chi connectivity index (χ3n) is 4.27. The molecule has 0 radical (unpaired) electrons. The van der Waals surface area contributed by atoms with Crippen molar-refractivity contribution >= 4 is 15.7 Å². The summed E-state index contributed by atoms with van der Waals surface area (Å²) in [5, 5.41) is 2.80. The molecule has 0 aromatic heterocycles. The third-order valence-corrected chi connectivity index (χ3v) is 5.22. The summed E-state index contributed by atoms with van der Waals surface area (Å²) in [5.41, 5.74) is 0.382. The number of sulfone groups is 1. The Balaban J connectivity index is 2.18. The topological polar surface area (TPSA) is 72.5 Å². The van der Waals surface area contributed by atoms with Crippen LogP contribution in [0.25, 0.3) is 0 Å². The second-order valence-corrected chi connectivity index (χ2v) is 8.17. The van der Waals surface area contributed by atoms with Gasteiger partial charge >= 0.3 is 0 Å². The fourth-order valence-corrected chi connectivity index (χ4v) is 3.54. The quantitative estimate of drug-likeness (QED) is 0.863. The van der Waals surface area contributed by atoms with Gasteiger partial charge in [0, 0.05) is 12.8 Å². The summed E-state index contributed by atoms with van der Waals surface area (Å²) in [4.78, 5) is 12.7. The molecule has 0 atom stereocenters. The Bertz CT molecular complexity index is 633. The van der Waals surface area contributed by atoms with Gasteiger partial charge in [-0.2, -0.15) is 0 Å². The highest BCUT2D eigenvalue weighted by atomic mass is 32.2. The number of carbonyl (C=O) groups is 1. The number of nitrogens with one attached hydrogen (secondary N) is 1. The van der Waals surface area contributed by atoms with E-state index in [9.17, 15) is 13.2 Å². The van der Waals surface area contributed by atoms with Crippen LogP contribution in [0.4, 0.5) is 0 Å². The molecule has 0 aliphatic heterocycles. The Morgan fingerprint density at radius 1 is 1.32 bits per heavy atom. The first-order chi connectivity index (χ1) is 10.4. The van der Waals surface area contributed by atoms with Crippen molar-refractivity contribution in [3.8, 4) is 5.75 Å². The SMILES string of the molecule is COc1cccc(C2(C(=O)NCCS(C)(=O)=O)CCCC2)c1. The molecule has 1 aromatic rings. The van der Waals surface area contributed by atoms with E-state index < -0.39 is 15.3 Å². The molecular weight excluding hydrogens is 302 g/mol. The van der Waals surface area contributed by atoms with Crippen LogP contribution in [-0.4, -0.2) is 40.0 Å². The van der Waals surface area contributed by atoms with Crippen molar-refractivity contribution in [3.63, 3.8) is 0 Å². The molecule has 0 spiro atoms. The van der Waals surface area contributed by atoms with E-state index in [1.54, 1.807) is 7.11 Å². The van der Waals surface area contributed by atoms with Crippen LogP contribution in [0, 0.1) is 0 Å². The van der Waals surface area contributed by atoms with E-state index in [1.165, 1.54) is 6.26 Å². The van der Waals surface area contributed by atoms with E-state index in [4.69, 9.17) is 4.74 Å². The Morgan fingerprint density at radius 3 is 2.59 bits per heavy atom. The first-order valence-electron chi connectivity index (χ1n) is 7.48. The maximum absolute atomic E-state index is 12.7. The van der Waals surface area contributed by atoms with Gasteiger partial charge in [0.25, 0.3) is 0 Å². The maximum atomic E-state index is 12.7. The molecule has 1 N–H and O–H groups in total. The molecular formula is C16H23NO4S. The zero-order valence-electron chi connectivity index (χ0n) is 13.1. The van der Waals surface area contributed by atoms with Gasteiger partial charge < -0.3 is 10.1 Å². The number of benzene rings is 1. The number of ether oxygens (including phenoxy) is 1. The van der Waals surface area contributed by atoms with Crippen LogP contribution >= 0.6 is 0 Å². The summed E-state index contributed by atoms with van der Waals surface area (Å²) in [5.74, 6) is 0.613. The zero-order chi connectivity index (χ0) is 16.2. The summed E-state index contributed by atoms with van der Waals surface area (Å²) in [7, 11) is -1.47. The Kier molecular flexibility index (Phi) is 5.11. The predicted molar refractivity (Wildman–Crippen MR) is 85.9 cm³/mol. The number of hydrogen-bond acceptors (Lipinski definition) is 4. The number of rotatable bonds is 6. The number of carbonyl (C=O) groups excluding carboxylic acids is 1. The Hall–Kier alpha value is -1.56. The summed E-state index contributed by atoms with van der Waals surface area (Å²) in [6, 6.07) is 7.59. The number of methoxy groups -OCH3 is 1. The van der Waals surface area contributed by atoms with E-state index >= 15 is 0 Å². The lowest BCUT2D eigenvalue weighted by atomic mass is 9.78. The van der Waals surface area contributed by atoms with E-state index in [0.29, 0.717) is 0 Å². The van der Waals surface area contributed by atoms with Gasteiger partial charge in [-0.25, -0.2) is 8.42 Å². The fraction of sp³-hybridized carbons (Fsp3) is 0.562. The standard InChI is InChI=1S/C16H23NO4S/c1-21-14-7-5-6-13(12-14)16(8-3-4-9-16)15(18)17-10-11-22(2,19)20/h5-7,12H,3-4,8-11H2,1-2H3,(H,17,18). The van der Waals surface area contributed by atoms with Crippen molar-refractivity contribution in [2.45, 2.75) is 31.1 Å². The molecule has 1 aliphatic carbocycles. The average Bonchev–Trinajstić information content (AvgIpc) is 2.97. The van der Waals surface area contributed by atoms with E-state index in [1.807, 2.05) is 24.3 Å². The third kappa shape index (κ3) is 3.80. The largest absolute Gasteiger partial charge is 0.497 e. The molecule has 5 nitrogen and oxygen atoms in total. The Morgan fingerprint density at radius 2 is 2.00 bits per heavy atom. The summed E-state index contributed by atoms with van der Waals surface area (Å²) in [6.07, 6.45) is 4.73. The number of amides is 1. The van der Waals surface area contributed by atoms with Crippen molar-refractivity contribution in [2.24, 2.45) is 0 Å². The molecule has 0 unspecified atom stereocenters. The van der Waals surface area contributed by atoms with Crippen LogP contribution in [0.1, 0.15) is 31.2 Å². The Labute approximate surface area is 132 Å². The minimum absolute atomic E-state index is 0.0348. The fourth-order valence-electron chi connectivity index (χ4n) is 3.07. The van der Waals surface area contributed by atoms with Crippen LogP contribution in [-0.2, 0) is 20.0 Å². The molecule has 1 amide bonds. The normalized spacial score (nSPS) is 17.2. The van der Waals surface area contributed by atoms with Crippen molar-refractivity contribution in [2.75, 3.05) is 25.7 Å². The lowest BCUT2D eigenvalue weighted by Crippen LogP contribution is -2.44. The van der Waals surface area contributed by atoms with Crippen molar-refractivity contribution in [1.82, 2.24) is 5.32 Å². The lowest BCUT2D eigenvalue weighted by molar-refractivity contribution is -0.126. The van der Waals surface area contributed by atoms with Gasteiger partial charge in [-0.1, -0.05) is 25.0 Å². The van der Waals surface area contributed by atoms with Crippen LogP contribution in [0.3, 0.4) is 0 Å². The van der Waals surface area contributed by atoms with Crippen molar-refractivity contribution < 1.29 is 17.9 Å². The van der Waals surface area contributed by atoms with Crippen molar-refractivity contribution in [3.05, 3.63) is 29.8 Å². The van der Waals surface area contributed by atoms with Gasteiger partial charge in [-0.05, 0) is 30.5 Å². The zero-order valence-corrected chi connectivity index (χ0v) is 13.9. The molecule has 2 rings (SSSR count). The second kappa shape index (κ2) is 6.69. The molecule has 0 saturated heterocycles. The lowest BCUT2D eigenvalue weighted by Gasteiger charge is -2.28. The molecule has 6 heteroatoms. The molecule has 22 heavy (non-hydrogen) atoms. The second-order valence-electron chi connectivity index (χ2n) is 5.91. The van der Waals surface area contributed by atoms with Crippen LogP contribution < -0.4 is 10.1 Å². The number of hydrogen-bond donors (Lipinski definition) is 1. The van der Waals surface area contributed by atoms with Gasteiger partial charge in [0.2, 0.25) is 5.91 Å². The molecule has 1 fully saturated rings. The highest BCUT2D eigenvalue weighted by molar-refractivity contribution is 7.90.